The normalized spacial score (nSPS) is 9.77. The SMILES string of the molecule is COC(=O)c1cc(Cl)cc(O)c1Br. The van der Waals surface area contributed by atoms with Gasteiger partial charge in [-0.25, -0.2) is 4.79 Å². The van der Waals surface area contributed by atoms with Crippen LogP contribution in [0, 0.1) is 0 Å². The zero-order valence-corrected chi connectivity index (χ0v) is 9.02. The second-order valence-corrected chi connectivity index (χ2v) is 3.51. The quantitative estimate of drug-likeness (QED) is 0.794. The van der Waals surface area contributed by atoms with Crippen LogP contribution in [0.2, 0.25) is 5.02 Å². The van der Waals surface area contributed by atoms with Crippen LogP contribution in [0.3, 0.4) is 0 Å². The number of carbonyl (C=O) groups excluding carboxylic acids is 1. The van der Waals surface area contributed by atoms with Gasteiger partial charge in [0.25, 0.3) is 0 Å². The first-order chi connectivity index (χ1) is 6.06. The molecule has 70 valence electrons. The van der Waals surface area contributed by atoms with E-state index in [9.17, 15) is 9.90 Å². The molecule has 0 saturated heterocycles. The summed E-state index contributed by atoms with van der Waals surface area (Å²) in [6.07, 6.45) is 0. The van der Waals surface area contributed by atoms with Crippen molar-refractivity contribution in [1.29, 1.82) is 0 Å². The van der Waals surface area contributed by atoms with Crippen LogP contribution >= 0.6 is 27.5 Å². The van der Waals surface area contributed by atoms with Crippen molar-refractivity contribution in [2.24, 2.45) is 0 Å². The maximum Gasteiger partial charge on any atom is 0.339 e. The molecule has 1 aromatic rings. The van der Waals surface area contributed by atoms with Crippen LogP contribution in [-0.2, 0) is 4.74 Å². The number of rotatable bonds is 1. The van der Waals surface area contributed by atoms with Crippen molar-refractivity contribution < 1.29 is 14.6 Å². The number of aromatic hydroxyl groups is 1. The Balaban J connectivity index is 3.28. The minimum absolute atomic E-state index is 0.0899. The molecule has 0 saturated carbocycles. The van der Waals surface area contributed by atoms with Gasteiger partial charge >= 0.3 is 5.97 Å². The number of phenolic OH excluding ortho intramolecular Hbond substituents is 1. The highest BCUT2D eigenvalue weighted by Gasteiger charge is 2.14. The van der Waals surface area contributed by atoms with Crippen molar-refractivity contribution in [3.8, 4) is 5.75 Å². The number of methoxy groups -OCH3 is 1. The van der Waals surface area contributed by atoms with E-state index in [-0.39, 0.29) is 20.8 Å². The molecule has 1 aromatic carbocycles. The average Bonchev–Trinajstić information content (AvgIpc) is 2.10. The number of phenols is 1. The molecule has 0 fully saturated rings. The molecule has 0 atom stereocenters. The third-order valence-corrected chi connectivity index (χ3v) is 2.48. The molecular weight excluding hydrogens is 259 g/mol. The minimum Gasteiger partial charge on any atom is -0.507 e. The van der Waals surface area contributed by atoms with Gasteiger partial charge in [-0.05, 0) is 28.1 Å². The van der Waals surface area contributed by atoms with E-state index in [0.717, 1.165) is 0 Å². The minimum atomic E-state index is -0.551. The van der Waals surface area contributed by atoms with E-state index in [1.54, 1.807) is 0 Å². The smallest absolute Gasteiger partial charge is 0.339 e. The Hall–Kier alpha value is -0.740. The predicted molar refractivity (Wildman–Crippen MR) is 52.2 cm³/mol. The van der Waals surface area contributed by atoms with E-state index in [1.807, 2.05) is 0 Å². The average molecular weight is 265 g/mol. The highest BCUT2D eigenvalue weighted by Crippen LogP contribution is 2.31. The monoisotopic (exact) mass is 264 g/mol. The number of hydrogen-bond acceptors (Lipinski definition) is 3. The van der Waals surface area contributed by atoms with Gasteiger partial charge in [-0.1, -0.05) is 11.6 Å². The summed E-state index contributed by atoms with van der Waals surface area (Å²) in [6.45, 7) is 0. The number of esters is 1. The molecule has 3 nitrogen and oxygen atoms in total. The van der Waals surface area contributed by atoms with Crippen molar-refractivity contribution in [2.45, 2.75) is 0 Å². The Morgan fingerprint density at radius 3 is 2.77 bits per heavy atom. The summed E-state index contributed by atoms with van der Waals surface area (Å²) in [5.74, 6) is -0.641. The van der Waals surface area contributed by atoms with Gasteiger partial charge in [0.2, 0.25) is 0 Å². The first kappa shape index (κ1) is 10.3. The molecule has 0 aromatic heterocycles. The first-order valence-electron chi connectivity index (χ1n) is 3.32. The zero-order chi connectivity index (χ0) is 10.0. The van der Waals surface area contributed by atoms with Gasteiger partial charge in [0, 0.05) is 5.02 Å². The Labute approximate surface area is 88.4 Å². The lowest BCUT2D eigenvalue weighted by molar-refractivity contribution is 0.0599. The summed E-state index contributed by atoms with van der Waals surface area (Å²) in [7, 11) is 1.26. The van der Waals surface area contributed by atoms with E-state index in [2.05, 4.69) is 20.7 Å². The van der Waals surface area contributed by atoms with E-state index in [4.69, 9.17) is 11.6 Å². The van der Waals surface area contributed by atoms with Gasteiger partial charge in [-0.3, -0.25) is 0 Å². The molecule has 0 unspecified atom stereocenters. The summed E-state index contributed by atoms with van der Waals surface area (Å²) < 4.78 is 4.77. The van der Waals surface area contributed by atoms with Crippen LogP contribution in [-0.4, -0.2) is 18.2 Å². The van der Waals surface area contributed by atoms with Crippen LogP contribution in [0.5, 0.6) is 5.75 Å². The van der Waals surface area contributed by atoms with Crippen LogP contribution < -0.4 is 0 Å². The van der Waals surface area contributed by atoms with Gasteiger partial charge in [0.05, 0.1) is 17.1 Å². The molecule has 5 heteroatoms. The molecule has 0 aliphatic carbocycles. The Bertz CT molecular complexity index is 351. The van der Waals surface area contributed by atoms with Crippen LogP contribution in [0.1, 0.15) is 10.4 Å². The second kappa shape index (κ2) is 3.98. The summed E-state index contributed by atoms with van der Waals surface area (Å²) >= 11 is 8.68. The summed E-state index contributed by atoms with van der Waals surface area (Å²) in [5.41, 5.74) is 0.201. The van der Waals surface area contributed by atoms with Crippen molar-refractivity contribution in [3.63, 3.8) is 0 Å². The molecule has 1 N–H and O–H groups in total. The van der Waals surface area contributed by atoms with Crippen LogP contribution in [0.4, 0.5) is 0 Å². The van der Waals surface area contributed by atoms with E-state index in [0.29, 0.717) is 0 Å². The Kier molecular flexibility index (Phi) is 3.17. The highest BCUT2D eigenvalue weighted by molar-refractivity contribution is 9.10. The van der Waals surface area contributed by atoms with Crippen LogP contribution in [0.25, 0.3) is 0 Å². The number of ether oxygens (including phenoxy) is 1. The van der Waals surface area contributed by atoms with E-state index in [1.165, 1.54) is 19.2 Å². The largest absolute Gasteiger partial charge is 0.507 e. The molecule has 0 amide bonds. The fourth-order valence-corrected chi connectivity index (χ4v) is 1.44. The molecule has 0 aliphatic rings. The van der Waals surface area contributed by atoms with Gasteiger partial charge in [-0.2, -0.15) is 0 Å². The summed E-state index contributed by atoms with van der Waals surface area (Å²) in [5, 5.41) is 9.57. The van der Waals surface area contributed by atoms with E-state index >= 15 is 0 Å². The number of benzene rings is 1. The third-order valence-electron chi connectivity index (χ3n) is 1.42. The van der Waals surface area contributed by atoms with Crippen molar-refractivity contribution in [3.05, 3.63) is 27.2 Å². The maximum absolute atomic E-state index is 11.1. The molecule has 0 bridgehead atoms. The lowest BCUT2D eigenvalue weighted by Gasteiger charge is -2.04. The molecule has 1 rings (SSSR count). The maximum atomic E-state index is 11.1. The molecular formula is C8H6BrClO3. The topological polar surface area (TPSA) is 46.5 Å². The number of halogens is 2. The lowest BCUT2D eigenvalue weighted by atomic mass is 10.2. The summed E-state index contributed by atoms with van der Waals surface area (Å²) in [6, 6.07) is 2.75. The fourth-order valence-electron chi connectivity index (χ4n) is 0.833. The van der Waals surface area contributed by atoms with Crippen molar-refractivity contribution in [1.82, 2.24) is 0 Å². The number of hydrogen-bond donors (Lipinski definition) is 1. The van der Waals surface area contributed by atoms with Gasteiger partial charge < -0.3 is 9.84 Å². The number of carbonyl (C=O) groups is 1. The van der Waals surface area contributed by atoms with Crippen molar-refractivity contribution in [2.75, 3.05) is 7.11 Å². The third kappa shape index (κ3) is 2.14. The Morgan fingerprint density at radius 2 is 2.23 bits per heavy atom. The molecule has 0 spiro atoms. The first-order valence-corrected chi connectivity index (χ1v) is 4.49. The van der Waals surface area contributed by atoms with Gasteiger partial charge in [-0.15, -0.1) is 0 Å². The molecule has 13 heavy (non-hydrogen) atoms. The Morgan fingerprint density at radius 1 is 1.62 bits per heavy atom. The molecule has 0 radical (unpaired) electrons. The molecule has 0 aliphatic heterocycles. The second-order valence-electron chi connectivity index (χ2n) is 2.28. The predicted octanol–water partition coefficient (Wildman–Crippen LogP) is 2.59. The zero-order valence-electron chi connectivity index (χ0n) is 6.67. The lowest BCUT2D eigenvalue weighted by Crippen LogP contribution is -2.02. The summed E-state index contributed by atoms with van der Waals surface area (Å²) in [4.78, 5) is 11.1. The highest BCUT2D eigenvalue weighted by atomic mass is 79.9. The van der Waals surface area contributed by atoms with Gasteiger partial charge in [0.15, 0.2) is 0 Å². The van der Waals surface area contributed by atoms with Gasteiger partial charge in [0.1, 0.15) is 5.75 Å². The standard InChI is InChI=1S/C8H6BrClO3/c1-13-8(12)5-2-4(10)3-6(11)7(5)9/h2-3,11H,1H3. The van der Waals surface area contributed by atoms with E-state index < -0.39 is 5.97 Å². The fraction of sp³-hybridized carbons (Fsp3) is 0.125. The van der Waals surface area contributed by atoms with Crippen LogP contribution in [0.15, 0.2) is 16.6 Å². The van der Waals surface area contributed by atoms with Crippen molar-refractivity contribution >= 4 is 33.5 Å². The molecule has 0 heterocycles.